The van der Waals surface area contributed by atoms with Gasteiger partial charge in [0.05, 0.1) is 62.4 Å². The maximum absolute atomic E-state index is 12.9. The van der Waals surface area contributed by atoms with E-state index in [0.717, 1.165) is 76.7 Å². The number of imidazole rings is 3. The predicted molar refractivity (Wildman–Crippen MR) is 299 cm³/mol. The standard InChI is InChI=1S/C26H24N4O2.C20H20N2O2.C18H16N2O/c1-17-4-3-5-19(10-17)26-25(29-16-32-26)24(31)12-21-14-30(15-28-21)9-8-20-13-27-23-7-6-18(2)11-22(20)23;1-24-20-9-7-16(8-10-20)11-19(23)12-18-14-22(15-21-18)13-17-5-3-2-4-6-17;21-18(16-9-5-2-6-10-16)11-17-13-20(14-19-17)12-15-7-3-1-4-8-15/h3-7,10-11,13-16,27H,8-9,12H2,1-2H3;2-10,14-15H,11-13H2,1H3;1-10,13-14H,11-12H2. The molecule has 0 fully saturated rings. The van der Waals surface area contributed by atoms with Gasteiger partial charge in [-0.3, -0.25) is 14.4 Å². The summed E-state index contributed by atoms with van der Waals surface area (Å²) < 4.78 is 16.7. The van der Waals surface area contributed by atoms with Gasteiger partial charge in [-0.1, -0.05) is 139 Å². The molecule has 0 spiro atoms. The van der Waals surface area contributed by atoms with Crippen LogP contribution in [0.4, 0.5) is 0 Å². The number of ether oxygens (including phenoxy) is 1. The zero-order chi connectivity index (χ0) is 53.3. The molecule has 6 aromatic carbocycles. The van der Waals surface area contributed by atoms with Crippen molar-refractivity contribution < 1.29 is 23.5 Å². The van der Waals surface area contributed by atoms with Gasteiger partial charge in [-0.2, -0.15) is 0 Å². The van der Waals surface area contributed by atoms with E-state index in [1.54, 1.807) is 26.1 Å². The van der Waals surface area contributed by atoms with Gasteiger partial charge >= 0.3 is 0 Å². The number of aryl methyl sites for hydroxylation is 4. The van der Waals surface area contributed by atoms with Gasteiger partial charge in [-0.05, 0) is 72.9 Å². The first kappa shape index (κ1) is 52.4. The van der Waals surface area contributed by atoms with E-state index in [0.29, 0.717) is 30.7 Å². The van der Waals surface area contributed by atoms with Crippen LogP contribution < -0.4 is 4.74 Å². The number of benzene rings is 6. The lowest BCUT2D eigenvalue weighted by Crippen LogP contribution is -2.07. The highest BCUT2D eigenvalue weighted by atomic mass is 16.5. The highest BCUT2D eigenvalue weighted by molar-refractivity contribution is 6.00. The number of H-pyrrole nitrogens is 1. The summed E-state index contributed by atoms with van der Waals surface area (Å²) >= 11 is 0. The molecule has 0 aliphatic heterocycles. The summed E-state index contributed by atoms with van der Waals surface area (Å²) in [6.07, 6.45) is 16.7. The number of ketones is 3. The van der Waals surface area contributed by atoms with Crippen LogP contribution in [-0.2, 0) is 56.5 Å². The van der Waals surface area contributed by atoms with Crippen molar-refractivity contribution in [2.45, 2.75) is 65.6 Å². The summed E-state index contributed by atoms with van der Waals surface area (Å²) in [6.45, 7) is 6.44. The number of hydrogen-bond acceptors (Lipinski definition) is 9. The molecule has 11 rings (SSSR count). The molecule has 0 bridgehead atoms. The summed E-state index contributed by atoms with van der Waals surface area (Å²) in [7, 11) is 1.63. The largest absolute Gasteiger partial charge is 0.497 e. The van der Waals surface area contributed by atoms with Gasteiger partial charge in [0.1, 0.15) is 11.5 Å². The number of rotatable bonds is 19. The fourth-order valence-corrected chi connectivity index (χ4v) is 8.94. The van der Waals surface area contributed by atoms with E-state index in [2.05, 4.69) is 80.5 Å². The van der Waals surface area contributed by atoms with Crippen LogP contribution in [0.3, 0.4) is 0 Å². The molecule has 0 aliphatic rings. The highest BCUT2D eigenvalue weighted by Crippen LogP contribution is 2.26. The van der Waals surface area contributed by atoms with Crippen LogP contribution in [0.2, 0.25) is 0 Å². The minimum atomic E-state index is -0.104. The maximum atomic E-state index is 12.9. The fraction of sp³-hybridized carbons (Fsp3) is 0.172. The number of methoxy groups -OCH3 is 1. The van der Waals surface area contributed by atoms with Gasteiger partial charge in [0, 0.05) is 72.9 Å². The van der Waals surface area contributed by atoms with Crippen molar-refractivity contribution in [3.8, 4) is 17.1 Å². The van der Waals surface area contributed by atoms with E-state index in [1.165, 1.54) is 34.0 Å². The smallest absolute Gasteiger partial charge is 0.191 e. The van der Waals surface area contributed by atoms with Crippen LogP contribution >= 0.6 is 0 Å². The van der Waals surface area contributed by atoms with Crippen molar-refractivity contribution in [3.05, 3.63) is 270 Å². The number of nitrogens with zero attached hydrogens (tertiary/aromatic N) is 7. The number of aromatic amines is 1. The van der Waals surface area contributed by atoms with Crippen molar-refractivity contribution in [2.24, 2.45) is 0 Å². The molecule has 13 heteroatoms. The fourth-order valence-electron chi connectivity index (χ4n) is 8.94. The number of hydrogen-bond donors (Lipinski definition) is 1. The number of nitrogens with one attached hydrogen (secondary N) is 1. The number of aromatic nitrogens is 8. The van der Waals surface area contributed by atoms with E-state index in [9.17, 15) is 14.4 Å². The Morgan fingerprint density at radius 3 is 1.78 bits per heavy atom. The Bertz CT molecular complexity index is 3660. The summed E-state index contributed by atoms with van der Waals surface area (Å²) in [5.74, 6) is 1.46. The predicted octanol–water partition coefficient (Wildman–Crippen LogP) is 12.0. The van der Waals surface area contributed by atoms with E-state index >= 15 is 0 Å². The van der Waals surface area contributed by atoms with Gasteiger partial charge in [-0.25, -0.2) is 19.9 Å². The zero-order valence-electron chi connectivity index (χ0n) is 43.5. The molecular weight excluding hydrogens is 961 g/mol. The molecule has 0 saturated heterocycles. The first-order valence-corrected chi connectivity index (χ1v) is 25.5. The van der Waals surface area contributed by atoms with Crippen molar-refractivity contribution >= 4 is 28.3 Å². The molecule has 11 aromatic rings. The van der Waals surface area contributed by atoms with Crippen LogP contribution in [-0.4, -0.2) is 63.1 Å². The highest BCUT2D eigenvalue weighted by Gasteiger charge is 2.20. The van der Waals surface area contributed by atoms with Crippen LogP contribution in [0.25, 0.3) is 22.2 Å². The third-order valence-corrected chi connectivity index (χ3v) is 12.9. The quantitative estimate of drug-likeness (QED) is 0.0779. The van der Waals surface area contributed by atoms with Gasteiger partial charge in [0.25, 0.3) is 0 Å². The normalized spacial score (nSPS) is 10.8. The van der Waals surface area contributed by atoms with Gasteiger partial charge in [0.15, 0.2) is 29.4 Å². The van der Waals surface area contributed by atoms with Crippen LogP contribution in [0, 0.1) is 13.8 Å². The van der Waals surface area contributed by atoms with Gasteiger partial charge in [0.2, 0.25) is 0 Å². The molecule has 1 N–H and O–H groups in total. The summed E-state index contributed by atoms with van der Waals surface area (Å²) in [5.41, 5.74) is 12.5. The lowest BCUT2D eigenvalue weighted by atomic mass is 10.0. The molecule has 13 nitrogen and oxygen atoms in total. The second kappa shape index (κ2) is 25.6. The van der Waals surface area contributed by atoms with E-state index in [4.69, 9.17) is 9.15 Å². The molecular formula is C64H60N8O5. The number of fused-ring (bicyclic) bond motifs is 1. The number of carbonyl (C=O) groups is 3. The summed E-state index contributed by atoms with van der Waals surface area (Å²) in [6, 6.07) is 51.6. The average molecular weight is 1020 g/mol. The van der Waals surface area contributed by atoms with Crippen LogP contribution in [0.15, 0.2) is 212 Å². The molecule has 5 aromatic heterocycles. The third-order valence-electron chi connectivity index (χ3n) is 12.9. The maximum Gasteiger partial charge on any atom is 0.191 e. The molecule has 0 saturated carbocycles. The topological polar surface area (TPSA) is 156 Å². The molecule has 0 radical (unpaired) electrons. The third kappa shape index (κ3) is 14.9. The van der Waals surface area contributed by atoms with Crippen molar-refractivity contribution in [2.75, 3.05) is 7.11 Å². The number of Topliss-reactive ketones (excluding diaryl/α,β-unsaturated/α-hetero) is 3. The summed E-state index contributed by atoms with van der Waals surface area (Å²) in [5, 5.41) is 1.26. The lowest BCUT2D eigenvalue weighted by Gasteiger charge is -2.03. The Kier molecular flexibility index (Phi) is 17.4. The van der Waals surface area contributed by atoms with Crippen LogP contribution in [0.1, 0.15) is 71.3 Å². The number of oxazole rings is 1. The first-order chi connectivity index (χ1) is 37.6. The second-order valence-corrected chi connectivity index (χ2v) is 19.0. The molecule has 0 amide bonds. The SMILES string of the molecule is COc1ccc(CC(=O)Cc2cn(Cc3ccccc3)cn2)cc1.Cc1cccc(-c2ocnc2C(=O)Cc2cn(CCc3c[nH]c4ccc(C)cc34)cn2)c1.O=C(Cc1cn(Cc2ccccc2)cn1)c1ccccc1. The van der Waals surface area contributed by atoms with Gasteiger partial charge in [-0.15, -0.1) is 0 Å². The molecule has 0 atom stereocenters. The zero-order valence-corrected chi connectivity index (χ0v) is 43.5. The van der Waals surface area contributed by atoms with Crippen molar-refractivity contribution in [1.29, 1.82) is 0 Å². The van der Waals surface area contributed by atoms with Crippen molar-refractivity contribution in [3.63, 3.8) is 0 Å². The minimum absolute atomic E-state index is 0.0977. The Labute approximate surface area is 447 Å². The van der Waals surface area contributed by atoms with E-state index in [1.807, 2.05) is 154 Å². The molecule has 77 heavy (non-hydrogen) atoms. The Hall–Kier alpha value is -9.49. The Morgan fingerprint density at radius 1 is 0.558 bits per heavy atom. The van der Waals surface area contributed by atoms with E-state index in [-0.39, 0.29) is 23.8 Å². The molecule has 386 valence electrons. The molecule has 0 unspecified atom stereocenters. The lowest BCUT2D eigenvalue weighted by molar-refractivity contribution is -0.117. The second-order valence-electron chi connectivity index (χ2n) is 19.0. The average Bonchev–Trinajstić information content (AvgIpc) is 4.33. The minimum Gasteiger partial charge on any atom is -0.497 e. The molecule has 5 heterocycles. The first-order valence-electron chi connectivity index (χ1n) is 25.5. The summed E-state index contributed by atoms with van der Waals surface area (Å²) in [4.78, 5) is 57.9. The Balaban J connectivity index is 0.000000145. The van der Waals surface area contributed by atoms with E-state index < -0.39 is 0 Å². The Morgan fingerprint density at radius 2 is 1.14 bits per heavy atom. The van der Waals surface area contributed by atoms with Crippen molar-refractivity contribution in [1.82, 2.24) is 38.6 Å². The number of carbonyl (C=O) groups excluding carboxylic acids is 3. The van der Waals surface area contributed by atoms with Crippen LogP contribution in [0.5, 0.6) is 5.75 Å². The van der Waals surface area contributed by atoms with Gasteiger partial charge < -0.3 is 27.8 Å². The monoisotopic (exact) mass is 1020 g/mol. The molecule has 0 aliphatic carbocycles.